The highest BCUT2D eigenvalue weighted by atomic mass is 19.1. The van der Waals surface area contributed by atoms with E-state index in [0.717, 1.165) is 5.56 Å². The number of carbonyl (C=O) groups excluding carboxylic acids is 1. The molecule has 0 aromatic heterocycles. The lowest BCUT2D eigenvalue weighted by atomic mass is 9.98. The van der Waals surface area contributed by atoms with Crippen LogP contribution in [0.4, 0.5) is 4.39 Å². The Bertz CT molecular complexity index is 645. The molecule has 3 nitrogen and oxygen atoms in total. The molecule has 4 heteroatoms. The Labute approximate surface area is 136 Å². The van der Waals surface area contributed by atoms with Crippen LogP contribution >= 0.6 is 0 Å². The molecule has 2 rings (SSSR count). The van der Waals surface area contributed by atoms with E-state index in [9.17, 15) is 14.3 Å². The summed E-state index contributed by atoms with van der Waals surface area (Å²) in [6.45, 7) is 3.41. The van der Waals surface area contributed by atoms with E-state index < -0.39 is 23.9 Å². The second-order valence-electron chi connectivity index (χ2n) is 5.80. The van der Waals surface area contributed by atoms with Gasteiger partial charge in [0.05, 0.1) is 18.1 Å². The van der Waals surface area contributed by atoms with Gasteiger partial charge in [-0.25, -0.2) is 4.39 Å². The minimum atomic E-state index is -0.700. The number of hydrogen-bond donors (Lipinski definition) is 2. The van der Waals surface area contributed by atoms with Crippen LogP contribution in [0.3, 0.4) is 0 Å². The molecule has 0 fully saturated rings. The van der Waals surface area contributed by atoms with Crippen molar-refractivity contribution < 1.29 is 14.3 Å². The maximum atomic E-state index is 13.8. The van der Waals surface area contributed by atoms with Gasteiger partial charge in [-0.1, -0.05) is 48.5 Å². The van der Waals surface area contributed by atoms with Crippen molar-refractivity contribution in [1.82, 2.24) is 5.32 Å². The highest BCUT2D eigenvalue weighted by molar-refractivity contribution is 5.83. The summed E-state index contributed by atoms with van der Waals surface area (Å²) in [6, 6.07) is 15.4. The molecule has 2 aromatic rings. The molecule has 1 amide bonds. The Morgan fingerprint density at radius 2 is 1.70 bits per heavy atom. The number of aliphatic hydroxyl groups excluding tert-OH is 1. The lowest BCUT2D eigenvalue weighted by Crippen LogP contribution is -2.43. The molecule has 0 aliphatic heterocycles. The molecule has 0 aliphatic carbocycles. The van der Waals surface area contributed by atoms with Crippen LogP contribution in [0.25, 0.3) is 0 Å². The molecule has 0 saturated carbocycles. The van der Waals surface area contributed by atoms with Crippen LogP contribution in [-0.4, -0.2) is 23.2 Å². The Balaban J connectivity index is 1.95. The first kappa shape index (κ1) is 17.2. The molecule has 2 N–H and O–H groups in total. The van der Waals surface area contributed by atoms with E-state index in [1.54, 1.807) is 32.0 Å². The Morgan fingerprint density at radius 3 is 2.35 bits per heavy atom. The summed E-state index contributed by atoms with van der Waals surface area (Å²) in [4.78, 5) is 12.3. The van der Waals surface area contributed by atoms with E-state index in [1.165, 1.54) is 6.07 Å². The summed E-state index contributed by atoms with van der Waals surface area (Å²) in [5.41, 5.74) is 1.36. The summed E-state index contributed by atoms with van der Waals surface area (Å²) >= 11 is 0. The molecule has 0 saturated heterocycles. The molecule has 122 valence electrons. The molecule has 0 bridgehead atoms. The molecule has 0 heterocycles. The maximum absolute atomic E-state index is 13.8. The van der Waals surface area contributed by atoms with Gasteiger partial charge in [-0.3, -0.25) is 4.79 Å². The lowest BCUT2D eigenvalue weighted by Gasteiger charge is -2.22. The third-order valence-electron chi connectivity index (χ3n) is 4.00. The molecule has 3 unspecified atom stereocenters. The summed E-state index contributed by atoms with van der Waals surface area (Å²) in [7, 11) is 0. The quantitative estimate of drug-likeness (QED) is 0.861. The number of amides is 1. The third-order valence-corrected chi connectivity index (χ3v) is 4.00. The van der Waals surface area contributed by atoms with Crippen LogP contribution in [0.2, 0.25) is 0 Å². The monoisotopic (exact) mass is 315 g/mol. The molecular formula is C19H22FNO2. The number of carbonyl (C=O) groups is 1. The van der Waals surface area contributed by atoms with E-state index in [0.29, 0.717) is 12.0 Å². The van der Waals surface area contributed by atoms with Gasteiger partial charge < -0.3 is 10.4 Å². The average molecular weight is 315 g/mol. The van der Waals surface area contributed by atoms with Gasteiger partial charge in [-0.2, -0.15) is 0 Å². The van der Waals surface area contributed by atoms with Gasteiger partial charge in [0.1, 0.15) is 5.82 Å². The number of aliphatic hydroxyl groups is 1. The normalized spacial score (nSPS) is 14.8. The first-order chi connectivity index (χ1) is 11.0. The largest absolute Gasteiger partial charge is 0.391 e. The van der Waals surface area contributed by atoms with Crippen molar-refractivity contribution >= 4 is 5.91 Å². The number of nitrogens with one attached hydrogen (secondary N) is 1. The van der Waals surface area contributed by atoms with Crippen LogP contribution in [0, 0.1) is 5.82 Å². The van der Waals surface area contributed by atoms with Gasteiger partial charge in [-0.15, -0.1) is 0 Å². The predicted octanol–water partition coefficient (Wildman–Crippen LogP) is 3.04. The van der Waals surface area contributed by atoms with Crippen molar-refractivity contribution in [3.05, 3.63) is 71.5 Å². The minimum absolute atomic E-state index is 0.297. The standard InChI is InChI=1S/C19H22FNO2/c1-13(16-10-6-7-11-17(16)20)19(23)21-14(2)18(22)12-15-8-4-3-5-9-15/h3-11,13-14,18,22H,12H2,1-2H3,(H,21,23). The Kier molecular flexibility index (Phi) is 5.88. The number of benzene rings is 2. The molecule has 0 spiro atoms. The van der Waals surface area contributed by atoms with Gasteiger partial charge in [0, 0.05) is 6.42 Å². The van der Waals surface area contributed by atoms with Gasteiger partial charge >= 0.3 is 0 Å². The molecular weight excluding hydrogens is 293 g/mol. The van der Waals surface area contributed by atoms with Crippen LogP contribution in [0.15, 0.2) is 54.6 Å². The van der Waals surface area contributed by atoms with Crippen LogP contribution in [0.1, 0.15) is 30.9 Å². The zero-order valence-corrected chi connectivity index (χ0v) is 13.4. The van der Waals surface area contributed by atoms with E-state index in [4.69, 9.17) is 0 Å². The number of hydrogen-bond acceptors (Lipinski definition) is 2. The fourth-order valence-corrected chi connectivity index (χ4v) is 2.45. The summed E-state index contributed by atoms with van der Waals surface area (Å²) in [5.74, 6) is -1.30. The molecule has 23 heavy (non-hydrogen) atoms. The predicted molar refractivity (Wildman–Crippen MR) is 88.6 cm³/mol. The highest BCUT2D eigenvalue weighted by Crippen LogP contribution is 2.19. The second kappa shape index (κ2) is 7.88. The minimum Gasteiger partial charge on any atom is -0.391 e. The van der Waals surface area contributed by atoms with Crippen LogP contribution < -0.4 is 5.32 Å². The zero-order valence-electron chi connectivity index (χ0n) is 13.4. The lowest BCUT2D eigenvalue weighted by molar-refractivity contribution is -0.123. The number of rotatable bonds is 6. The topological polar surface area (TPSA) is 49.3 Å². The summed E-state index contributed by atoms with van der Waals surface area (Å²) < 4.78 is 13.8. The average Bonchev–Trinajstić information content (AvgIpc) is 2.55. The zero-order chi connectivity index (χ0) is 16.8. The number of halogens is 1. The first-order valence-electron chi connectivity index (χ1n) is 7.76. The fourth-order valence-electron chi connectivity index (χ4n) is 2.45. The summed E-state index contributed by atoms with van der Waals surface area (Å²) in [6.07, 6.45) is -0.245. The van der Waals surface area contributed by atoms with Crippen LogP contribution in [0.5, 0.6) is 0 Å². The van der Waals surface area contributed by atoms with E-state index >= 15 is 0 Å². The van der Waals surface area contributed by atoms with E-state index in [1.807, 2.05) is 30.3 Å². The van der Waals surface area contributed by atoms with Gasteiger partial charge in [-0.05, 0) is 31.0 Å². The molecule has 2 aromatic carbocycles. The maximum Gasteiger partial charge on any atom is 0.227 e. The van der Waals surface area contributed by atoms with Crippen molar-refractivity contribution in [3.8, 4) is 0 Å². The second-order valence-corrected chi connectivity index (χ2v) is 5.80. The Hall–Kier alpha value is -2.20. The third kappa shape index (κ3) is 4.63. The smallest absolute Gasteiger partial charge is 0.227 e. The van der Waals surface area contributed by atoms with Gasteiger partial charge in [0.2, 0.25) is 5.91 Å². The first-order valence-corrected chi connectivity index (χ1v) is 7.76. The fraction of sp³-hybridized carbons (Fsp3) is 0.316. The van der Waals surface area contributed by atoms with Crippen molar-refractivity contribution in [2.45, 2.75) is 38.3 Å². The molecule has 3 atom stereocenters. The van der Waals surface area contributed by atoms with Crippen molar-refractivity contribution in [2.24, 2.45) is 0 Å². The van der Waals surface area contributed by atoms with Crippen molar-refractivity contribution in [2.75, 3.05) is 0 Å². The van der Waals surface area contributed by atoms with Gasteiger partial charge in [0.25, 0.3) is 0 Å². The van der Waals surface area contributed by atoms with Crippen molar-refractivity contribution in [3.63, 3.8) is 0 Å². The molecule has 0 radical (unpaired) electrons. The SMILES string of the molecule is CC(C(=O)NC(C)C(O)Cc1ccccc1)c1ccccc1F. The van der Waals surface area contributed by atoms with E-state index in [2.05, 4.69) is 5.32 Å². The van der Waals surface area contributed by atoms with Gasteiger partial charge in [0.15, 0.2) is 0 Å². The molecule has 0 aliphatic rings. The van der Waals surface area contributed by atoms with Crippen LogP contribution in [-0.2, 0) is 11.2 Å². The van der Waals surface area contributed by atoms with E-state index in [-0.39, 0.29) is 5.91 Å². The summed E-state index contributed by atoms with van der Waals surface area (Å²) in [5, 5.41) is 13.0. The van der Waals surface area contributed by atoms with Crippen molar-refractivity contribution in [1.29, 1.82) is 0 Å². The Morgan fingerprint density at radius 1 is 1.09 bits per heavy atom. The highest BCUT2D eigenvalue weighted by Gasteiger charge is 2.23.